The Kier molecular flexibility index (Phi) is 4.23. The molecular formula is C15H13Br2F. The molecule has 1 unspecified atom stereocenters. The van der Waals surface area contributed by atoms with Crippen LogP contribution in [0, 0.1) is 19.7 Å². The van der Waals surface area contributed by atoms with Crippen molar-refractivity contribution in [2.24, 2.45) is 0 Å². The maximum Gasteiger partial charge on any atom is 0.127 e. The van der Waals surface area contributed by atoms with E-state index in [1.165, 1.54) is 6.07 Å². The minimum Gasteiger partial charge on any atom is -0.207 e. The molecule has 0 radical (unpaired) electrons. The highest BCUT2D eigenvalue weighted by molar-refractivity contribution is 9.10. The fourth-order valence-electron chi connectivity index (χ4n) is 1.92. The van der Waals surface area contributed by atoms with Gasteiger partial charge in [0.15, 0.2) is 0 Å². The summed E-state index contributed by atoms with van der Waals surface area (Å²) >= 11 is 7.11. The molecule has 18 heavy (non-hydrogen) atoms. The molecule has 2 aromatic rings. The van der Waals surface area contributed by atoms with Gasteiger partial charge in [-0.05, 0) is 42.7 Å². The number of benzene rings is 2. The van der Waals surface area contributed by atoms with Gasteiger partial charge in [-0.1, -0.05) is 56.1 Å². The van der Waals surface area contributed by atoms with Crippen LogP contribution >= 0.6 is 31.9 Å². The van der Waals surface area contributed by atoms with Gasteiger partial charge >= 0.3 is 0 Å². The van der Waals surface area contributed by atoms with Crippen molar-refractivity contribution in [1.82, 2.24) is 0 Å². The van der Waals surface area contributed by atoms with Crippen LogP contribution in [0.4, 0.5) is 4.39 Å². The molecule has 2 rings (SSSR count). The highest BCUT2D eigenvalue weighted by atomic mass is 79.9. The van der Waals surface area contributed by atoms with E-state index >= 15 is 0 Å². The molecule has 0 aliphatic rings. The number of alkyl halides is 1. The molecular weight excluding hydrogens is 359 g/mol. The molecule has 0 spiro atoms. The van der Waals surface area contributed by atoms with E-state index in [2.05, 4.69) is 44.0 Å². The van der Waals surface area contributed by atoms with Crippen LogP contribution in [0.2, 0.25) is 0 Å². The predicted molar refractivity (Wildman–Crippen MR) is 80.8 cm³/mol. The lowest BCUT2D eigenvalue weighted by Crippen LogP contribution is -1.99. The molecule has 94 valence electrons. The molecule has 0 aromatic heterocycles. The van der Waals surface area contributed by atoms with Crippen molar-refractivity contribution in [2.45, 2.75) is 18.7 Å². The number of hydrogen-bond acceptors (Lipinski definition) is 0. The lowest BCUT2D eigenvalue weighted by Gasteiger charge is -2.16. The van der Waals surface area contributed by atoms with Crippen LogP contribution in [0.5, 0.6) is 0 Å². The second-order valence-corrected chi connectivity index (χ2v) is 6.11. The number of halogens is 3. The summed E-state index contributed by atoms with van der Waals surface area (Å²) in [6.45, 7) is 4.07. The normalized spacial score (nSPS) is 12.5. The third-order valence-corrected chi connectivity index (χ3v) is 4.84. The molecule has 0 fully saturated rings. The van der Waals surface area contributed by atoms with Crippen LogP contribution in [0.15, 0.2) is 40.9 Å². The standard InChI is InChI=1S/C15H13Br2F/c1-9-8-13(16)10(2)7-12(9)15(17)11-5-3-4-6-14(11)18/h3-8,15H,1-2H3. The Labute approximate surface area is 123 Å². The topological polar surface area (TPSA) is 0 Å². The van der Waals surface area contributed by atoms with Crippen LogP contribution in [0.25, 0.3) is 0 Å². The van der Waals surface area contributed by atoms with Crippen LogP contribution in [-0.4, -0.2) is 0 Å². The van der Waals surface area contributed by atoms with Crippen LogP contribution in [0.3, 0.4) is 0 Å². The van der Waals surface area contributed by atoms with Crippen molar-refractivity contribution in [3.05, 3.63) is 68.9 Å². The average Bonchev–Trinajstić information content (AvgIpc) is 2.33. The zero-order chi connectivity index (χ0) is 13.3. The van der Waals surface area contributed by atoms with Gasteiger partial charge in [0.1, 0.15) is 5.82 Å². The smallest absolute Gasteiger partial charge is 0.127 e. The van der Waals surface area contributed by atoms with Crippen LogP contribution in [-0.2, 0) is 0 Å². The molecule has 3 heteroatoms. The molecule has 2 aromatic carbocycles. The quantitative estimate of drug-likeness (QED) is 0.595. The molecule has 1 atom stereocenters. The maximum absolute atomic E-state index is 13.8. The summed E-state index contributed by atoms with van der Waals surface area (Å²) in [6.07, 6.45) is 0. The number of rotatable bonds is 2. The second kappa shape index (κ2) is 5.54. The Morgan fingerprint density at radius 3 is 2.33 bits per heavy atom. The molecule has 0 aliphatic heterocycles. The van der Waals surface area contributed by atoms with E-state index < -0.39 is 0 Å². The van der Waals surface area contributed by atoms with Gasteiger partial charge in [0, 0.05) is 10.0 Å². The summed E-state index contributed by atoms with van der Waals surface area (Å²) in [6, 6.07) is 11.0. The third-order valence-electron chi connectivity index (χ3n) is 3.00. The van der Waals surface area contributed by atoms with Gasteiger partial charge in [-0.3, -0.25) is 0 Å². The van der Waals surface area contributed by atoms with Crippen LogP contribution < -0.4 is 0 Å². The van der Waals surface area contributed by atoms with E-state index in [4.69, 9.17) is 0 Å². The van der Waals surface area contributed by atoms with E-state index in [-0.39, 0.29) is 10.6 Å². The summed E-state index contributed by atoms with van der Waals surface area (Å²) in [4.78, 5) is -0.120. The Balaban J connectivity index is 2.50. The summed E-state index contributed by atoms with van der Waals surface area (Å²) in [7, 11) is 0. The van der Waals surface area contributed by atoms with Gasteiger partial charge in [0.2, 0.25) is 0 Å². The number of aryl methyl sites for hydroxylation is 2. The van der Waals surface area contributed by atoms with E-state index in [0.717, 1.165) is 21.2 Å². The van der Waals surface area contributed by atoms with E-state index in [1.54, 1.807) is 6.07 Å². The lowest BCUT2D eigenvalue weighted by molar-refractivity contribution is 0.613. The van der Waals surface area contributed by atoms with Crippen molar-refractivity contribution < 1.29 is 4.39 Å². The van der Waals surface area contributed by atoms with Crippen molar-refractivity contribution in [2.75, 3.05) is 0 Å². The Morgan fingerprint density at radius 1 is 1.00 bits per heavy atom. The first-order valence-electron chi connectivity index (χ1n) is 5.66. The van der Waals surface area contributed by atoms with E-state index in [9.17, 15) is 4.39 Å². The fraction of sp³-hybridized carbons (Fsp3) is 0.200. The SMILES string of the molecule is Cc1cc(C(Br)c2ccccc2F)c(C)cc1Br. The fourth-order valence-corrected chi connectivity index (χ4v) is 3.25. The van der Waals surface area contributed by atoms with E-state index in [0.29, 0.717) is 5.56 Å². The Morgan fingerprint density at radius 2 is 1.67 bits per heavy atom. The summed E-state index contributed by atoms with van der Waals surface area (Å²) in [5.41, 5.74) is 4.05. The largest absolute Gasteiger partial charge is 0.207 e. The zero-order valence-corrected chi connectivity index (χ0v) is 13.3. The molecule has 0 nitrogen and oxygen atoms in total. The van der Waals surface area contributed by atoms with Crippen molar-refractivity contribution in [1.29, 1.82) is 0 Å². The van der Waals surface area contributed by atoms with E-state index in [1.807, 2.05) is 26.0 Å². The Hall–Kier alpha value is -0.670. The minimum absolute atomic E-state index is 0.120. The first-order valence-corrected chi connectivity index (χ1v) is 7.36. The van der Waals surface area contributed by atoms with Gasteiger partial charge in [-0.15, -0.1) is 0 Å². The molecule has 0 bridgehead atoms. The zero-order valence-electron chi connectivity index (χ0n) is 10.2. The Bertz CT molecular complexity index is 579. The molecule has 0 saturated carbocycles. The van der Waals surface area contributed by atoms with Crippen molar-refractivity contribution in [3.8, 4) is 0 Å². The first kappa shape index (κ1) is 13.8. The van der Waals surface area contributed by atoms with Crippen molar-refractivity contribution in [3.63, 3.8) is 0 Å². The molecule has 0 saturated heterocycles. The monoisotopic (exact) mass is 370 g/mol. The second-order valence-electron chi connectivity index (χ2n) is 4.34. The predicted octanol–water partition coefficient (Wildman–Crippen LogP) is 5.69. The van der Waals surface area contributed by atoms with Gasteiger partial charge in [0.25, 0.3) is 0 Å². The van der Waals surface area contributed by atoms with Crippen molar-refractivity contribution >= 4 is 31.9 Å². The average molecular weight is 372 g/mol. The summed E-state index contributed by atoms with van der Waals surface area (Å²) in [5, 5.41) is 0. The maximum atomic E-state index is 13.8. The molecule has 0 aliphatic carbocycles. The highest BCUT2D eigenvalue weighted by Gasteiger charge is 2.17. The molecule has 0 amide bonds. The van der Waals surface area contributed by atoms with Gasteiger partial charge in [-0.25, -0.2) is 4.39 Å². The minimum atomic E-state index is -0.181. The first-order chi connectivity index (χ1) is 8.50. The molecule has 0 N–H and O–H groups in total. The van der Waals surface area contributed by atoms with Gasteiger partial charge < -0.3 is 0 Å². The highest BCUT2D eigenvalue weighted by Crippen LogP contribution is 2.36. The summed E-state index contributed by atoms with van der Waals surface area (Å²) in [5.74, 6) is -0.181. The van der Waals surface area contributed by atoms with Crippen LogP contribution in [0.1, 0.15) is 27.1 Å². The van der Waals surface area contributed by atoms with Gasteiger partial charge in [-0.2, -0.15) is 0 Å². The molecule has 0 heterocycles. The summed E-state index contributed by atoms with van der Waals surface area (Å²) < 4.78 is 14.9. The lowest BCUT2D eigenvalue weighted by atomic mass is 9.98. The van der Waals surface area contributed by atoms with Gasteiger partial charge in [0.05, 0.1) is 4.83 Å². The third kappa shape index (κ3) is 2.67. The number of hydrogen-bond donors (Lipinski definition) is 0.